The van der Waals surface area contributed by atoms with E-state index in [1.165, 1.54) is 20.5 Å². The van der Waals surface area contributed by atoms with Gasteiger partial charge in [0.25, 0.3) is 5.91 Å². The molecule has 0 aliphatic rings. The first-order valence-corrected chi connectivity index (χ1v) is 5.82. The van der Waals surface area contributed by atoms with E-state index < -0.39 is 0 Å². The average molecular weight is 265 g/mol. The molecule has 0 aliphatic heterocycles. The molecule has 94 valence electrons. The van der Waals surface area contributed by atoms with E-state index in [4.69, 9.17) is 9.47 Å². The van der Waals surface area contributed by atoms with Crippen molar-refractivity contribution >= 4 is 22.6 Å². The van der Waals surface area contributed by atoms with E-state index >= 15 is 0 Å². The molecule has 0 spiro atoms. The number of ether oxygens (including phenoxy) is 2. The second-order valence-electron chi connectivity index (χ2n) is 3.24. The zero-order valence-electron chi connectivity index (χ0n) is 9.84. The fourth-order valence-corrected chi connectivity index (χ4v) is 1.89. The van der Waals surface area contributed by atoms with Gasteiger partial charge in [-0.2, -0.15) is 4.37 Å². The van der Waals surface area contributed by atoms with Gasteiger partial charge in [-0.05, 0) is 12.1 Å². The van der Waals surface area contributed by atoms with Gasteiger partial charge in [0.2, 0.25) is 5.13 Å². The summed E-state index contributed by atoms with van der Waals surface area (Å²) >= 11 is 1.10. The quantitative estimate of drug-likeness (QED) is 0.912. The van der Waals surface area contributed by atoms with Crippen LogP contribution in [0.2, 0.25) is 0 Å². The highest BCUT2D eigenvalue weighted by Crippen LogP contribution is 2.29. The number of carbonyl (C=O) groups is 1. The maximum atomic E-state index is 12.1. The summed E-state index contributed by atoms with van der Waals surface area (Å²) in [5.74, 6) is 0.536. The normalized spacial score (nSPS) is 9.89. The maximum absolute atomic E-state index is 12.1. The van der Waals surface area contributed by atoms with E-state index in [0.717, 1.165) is 11.5 Å². The lowest BCUT2D eigenvalue weighted by molar-refractivity contribution is 0.102. The van der Waals surface area contributed by atoms with Gasteiger partial charge in [-0.15, -0.1) is 0 Å². The van der Waals surface area contributed by atoms with Crippen molar-refractivity contribution < 1.29 is 14.3 Å². The number of benzene rings is 1. The topological polar surface area (TPSA) is 73.3 Å². The monoisotopic (exact) mass is 265 g/mol. The van der Waals surface area contributed by atoms with Crippen LogP contribution in [0.5, 0.6) is 11.5 Å². The lowest BCUT2D eigenvalue weighted by atomic mass is 10.1. The molecule has 2 rings (SSSR count). The Kier molecular flexibility index (Phi) is 3.73. The van der Waals surface area contributed by atoms with Crippen LogP contribution >= 0.6 is 11.5 Å². The molecule has 0 aliphatic carbocycles. The Balaban J connectivity index is 2.33. The minimum atomic E-state index is -0.346. The Hall–Kier alpha value is -2.15. The van der Waals surface area contributed by atoms with E-state index in [2.05, 4.69) is 14.7 Å². The van der Waals surface area contributed by atoms with Crippen molar-refractivity contribution in [2.75, 3.05) is 19.5 Å². The van der Waals surface area contributed by atoms with Gasteiger partial charge in [0.1, 0.15) is 23.4 Å². The highest BCUT2D eigenvalue weighted by Gasteiger charge is 2.18. The van der Waals surface area contributed by atoms with Crippen LogP contribution in [0.25, 0.3) is 0 Å². The van der Waals surface area contributed by atoms with Gasteiger partial charge in [-0.25, -0.2) is 4.98 Å². The minimum absolute atomic E-state index is 0.331. The highest BCUT2D eigenvalue weighted by atomic mass is 32.1. The van der Waals surface area contributed by atoms with E-state index in [0.29, 0.717) is 22.2 Å². The van der Waals surface area contributed by atoms with Crippen LogP contribution in [0.1, 0.15) is 10.4 Å². The van der Waals surface area contributed by atoms with E-state index in [1.807, 2.05) is 0 Å². The van der Waals surface area contributed by atoms with Crippen LogP contribution in [0.15, 0.2) is 24.5 Å². The van der Waals surface area contributed by atoms with Gasteiger partial charge in [0.05, 0.1) is 14.2 Å². The molecule has 0 atom stereocenters. The fourth-order valence-electron chi connectivity index (χ4n) is 1.46. The molecule has 18 heavy (non-hydrogen) atoms. The third kappa shape index (κ3) is 2.40. The zero-order chi connectivity index (χ0) is 13.0. The van der Waals surface area contributed by atoms with Crippen molar-refractivity contribution in [2.24, 2.45) is 0 Å². The maximum Gasteiger partial charge on any atom is 0.265 e. The molecule has 6 nitrogen and oxygen atoms in total. The number of hydrogen-bond donors (Lipinski definition) is 1. The molecule has 1 amide bonds. The summed E-state index contributed by atoms with van der Waals surface area (Å²) in [6, 6.07) is 5.13. The number of nitrogens with one attached hydrogen (secondary N) is 1. The van der Waals surface area contributed by atoms with Crippen LogP contribution in [0.3, 0.4) is 0 Å². The molecule has 0 bridgehead atoms. The number of aromatic nitrogens is 2. The van der Waals surface area contributed by atoms with E-state index in [9.17, 15) is 4.79 Å². The summed E-state index contributed by atoms with van der Waals surface area (Å²) in [6.45, 7) is 0. The Morgan fingerprint density at radius 1 is 1.28 bits per heavy atom. The van der Waals surface area contributed by atoms with Crippen molar-refractivity contribution in [3.8, 4) is 11.5 Å². The molecule has 1 aromatic heterocycles. The summed E-state index contributed by atoms with van der Waals surface area (Å²) in [6.07, 6.45) is 1.37. The number of rotatable bonds is 4. The molecule has 0 fully saturated rings. The molecule has 1 heterocycles. The Labute approximate surface area is 108 Å². The molecule has 1 aromatic carbocycles. The molecular formula is C11H11N3O3S. The summed E-state index contributed by atoms with van der Waals surface area (Å²) < 4.78 is 14.1. The third-order valence-electron chi connectivity index (χ3n) is 2.24. The predicted molar refractivity (Wildman–Crippen MR) is 67.4 cm³/mol. The van der Waals surface area contributed by atoms with Crippen molar-refractivity contribution in [3.05, 3.63) is 30.1 Å². The Morgan fingerprint density at radius 3 is 2.44 bits per heavy atom. The van der Waals surface area contributed by atoms with Crippen LogP contribution in [0.4, 0.5) is 5.13 Å². The first-order chi connectivity index (χ1) is 8.76. The number of carbonyl (C=O) groups excluding carboxylic acids is 1. The van der Waals surface area contributed by atoms with E-state index in [1.54, 1.807) is 18.2 Å². The second-order valence-corrected chi connectivity index (χ2v) is 4.02. The first-order valence-electron chi connectivity index (χ1n) is 5.05. The minimum Gasteiger partial charge on any atom is -0.496 e. The van der Waals surface area contributed by atoms with Crippen molar-refractivity contribution in [2.45, 2.75) is 0 Å². The molecule has 0 saturated carbocycles. The zero-order valence-corrected chi connectivity index (χ0v) is 10.7. The van der Waals surface area contributed by atoms with E-state index in [-0.39, 0.29) is 5.91 Å². The van der Waals surface area contributed by atoms with Crippen molar-refractivity contribution in [1.29, 1.82) is 0 Å². The lowest BCUT2D eigenvalue weighted by Crippen LogP contribution is -2.14. The predicted octanol–water partition coefficient (Wildman–Crippen LogP) is 1.81. The number of anilines is 1. The summed E-state index contributed by atoms with van der Waals surface area (Å²) in [5.41, 5.74) is 0.331. The average Bonchev–Trinajstić information content (AvgIpc) is 2.90. The van der Waals surface area contributed by atoms with Gasteiger partial charge in [-0.1, -0.05) is 6.07 Å². The number of methoxy groups -OCH3 is 2. The van der Waals surface area contributed by atoms with Gasteiger partial charge in [0, 0.05) is 11.5 Å². The molecule has 2 aromatic rings. The van der Waals surface area contributed by atoms with Gasteiger partial charge >= 0.3 is 0 Å². The smallest absolute Gasteiger partial charge is 0.265 e. The number of nitrogens with zero attached hydrogens (tertiary/aromatic N) is 2. The van der Waals surface area contributed by atoms with Crippen molar-refractivity contribution in [1.82, 2.24) is 9.36 Å². The summed E-state index contributed by atoms with van der Waals surface area (Å²) in [7, 11) is 2.99. The first kappa shape index (κ1) is 12.3. The molecular weight excluding hydrogens is 254 g/mol. The van der Waals surface area contributed by atoms with Gasteiger partial charge in [0.15, 0.2) is 0 Å². The largest absolute Gasteiger partial charge is 0.496 e. The second kappa shape index (κ2) is 5.46. The third-order valence-corrected chi connectivity index (χ3v) is 2.82. The lowest BCUT2D eigenvalue weighted by Gasteiger charge is -2.11. The Morgan fingerprint density at radius 2 is 1.94 bits per heavy atom. The SMILES string of the molecule is COc1cccc(OC)c1C(=O)Nc1ncns1. The molecule has 0 unspecified atom stereocenters. The van der Waals surface area contributed by atoms with Crippen LogP contribution in [0, 0.1) is 0 Å². The van der Waals surface area contributed by atoms with Gasteiger partial charge < -0.3 is 9.47 Å². The van der Waals surface area contributed by atoms with Crippen LogP contribution in [-0.2, 0) is 0 Å². The fraction of sp³-hybridized carbons (Fsp3) is 0.182. The standard InChI is InChI=1S/C11H11N3O3S/c1-16-7-4-3-5-8(17-2)9(7)10(15)14-11-12-6-13-18-11/h3-6H,1-2H3,(H,12,13,14,15). The number of amides is 1. The van der Waals surface area contributed by atoms with Crippen LogP contribution < -0.4 is 14.8 Å². The molecule has 7 heteroatoms. The Bertz CT molecular complexity index is 520. The van der Waals surface area contributed by atoms with Gasteiger partial charge in [-0.3, -0.25) is 10.1 Å². The highest BCUT2D eigenvalue weighted by molar-refractivity contribution is 7.09. The van der Waals surface area contributed by atoms with Crippen LogP contribution in [-0.4, -0.2) is 29.5 Å². The molecule has 1 N–H and O–H groups in total. The molecule has 0 saturated heterocycles. The summed E-state index contributed by atoms with van der Waals surface area (Å²) in [5, 5.41) is 3.06. The van der Waals surface area contributed by atoms with Crippen molar-refractivity contribution in [3.63, 3.8) is 0 Å². The summed E-state index contributed by atoms with van der Waals surface area (Å²) in [4.78, 5) is 16.0. The molecule has 0 radical (unpaired) electrons. The number of hydrogen-bond acceptors (Lipinski definition) is 6.